The molecular weight excluding hydrogens is 430 g/mol. The van der Waals surface area contributed by atoms with Gasteiger partial charge in [0.1, 0.15) is 0 Å². The first-order valence-corrected chi connectivity index (χ1v) is 12.6. The van der Waals surface area contributed by atoms with Crippen LogP contribution in [0.25, 0.3) is 5.69 Å². The maximum Gasteiger partial charge on any atom is 0.233 e. The van der Waals surface area contributed by atoms with Crippen LogP contribution in [0, 0.1) is 13.8 Å². The van der Waals surface area contributed by atoms with Crippen LogP contribution >= 0.6 is 11.8 Å². The number of thioether (sulfide) groups is 1. The molecule has 33 heavy (non-hydrogen) atoms. The van der Waals surface area contributed by atoms with E-state index in [9.17, 15) is 4.79 Å². The number of carbonyl (C=O) groups excluding carboxylic acids is 1. The molecule has 1 saturated heterocycles. The average molecular weight is 464 g/mol. The Labute approximate surface area is 201 Å². The normalized spacial score (nSPS) is 15.0. The first kappa shape index (κ1) is 23.5. The van der Waals surface area contributed by atoms with Crippen LogP contribution in [0.2, 0.25) is 0 Å². The Morgan fingerprint density at radius 3 is 2.55 bits per heavy atom. The van der Waals surface area contributed by atoms with Crippen molar-refractivity contribution >= 4 is 17.7 Å². The first-order chi connectivity index (χ1) is 16.0. The maximum atomic E-state index is 12.9. The summed E-state index contributed by atoms with van der Waals surface area (Å²) in [6.45, 7) is 7.28. The summed E-state index contributed by atoms with van der Waals surface area (Å²) >= 11 is 1.51. The molecule has 4 rings (SSSR count). The van der Waals surface area contributed by atoms with Crippen molar-refractivity contribution in [1.29, 1.82) is 0 Å². The van der Waals surface area contributed by atoms with Crippen LogP contribution in [0.3, 0.4) is 0 Å². The van der Waals surface area contributed by atoms with E-state index in [1.807, 2.05) is 36.5 Å². The van der Waals surface area contributed by atoms with E-state index in [0.717, 1.165) is 55.4 Å². The van der Waals surface area contributed by atoms with E-state index in [1.165, 1.54) is 22.9 Å². The highest BCUT2D eigenvalue weighted by atomic mass is 32.2. The number of pyridine rings is 1. The number of amides is 1. The van der Waals surface area contributed by atoms with Crippen molar-refractivity contribution in [2.24, 2.45) is 0 Å². The third-order valence-electron chi connectivity index (χ3n) is 6.32. The van der Waals surface area contributed by atoms with Crippen LogP contribution < -0.4 is 0 Å². The lowest BCUT2D eigenvalue weighted by molar-refractivity contribution is -0.129. The number of aryl methyl sites for hydroxylation is 2. The van der Waals surface area contributed by atoms with Crippen LogP contribution in [0.4, 0.5) is 0 Å². The zero-order valence-corrected chi connectivity index (χ0v) is 20.6. The fraction of sp³-hybridized carbons (Fsp3) is 0.423. The van der Waals surface area contributed by atoms with Crippen LogP contribution in [-0.2, 0) is 11.2 Å². The molecule has 1 aromatic carbocycles. The van der Waals surface area contributed by atoms with Gasteiger partial charge < -0.3 is 9.80 Å². The molecule has 3 aromatic rings. The van der Waals surface area contributed by atoms with Gasteiger partial charge in [-0.05, 0) is 62.1 Å². The predicted octanol–water partition coefficient (Wildman–Crippen LogP) is 4.14. The van der Waals surface area contributed by atoms with Gasteiger partial charge in [-0.3, -0.25) is 14.3 Å². The van der Waals surface area contributed by atoms with Crippen LogP contribution in [0.5, 0.6) is 0 Å². The molecule has 0 radical (unpaired) electrons. The Balaban J connectivity index is 1.26. The van der Waals surface area contributed by atoms with Crippen LogP contribution in [-0.4, -0.2) is 68.7 Å². The molecule has 0 spiro atoms. The maximum absolute atomic E-state index is 12.9. The zero-order chi connectivity index (χ0) is 23.2. The zero-order valence-electron chi connectivity index (χ0n) is 19.8. The van der Waals surface area contributed by atoms with Gasteiger partial charge in [0, 0.05) is 69.1 Å². The SMILES string of the molecule is Cc1cc(C)cc(-n2ccnc2SCC(=O)N(C)C2CCN(CCc3ccccn3)CC2)c1. The summed E-state index contributed by atoms with van der Waals surface area (Å²) in [6.07, 6.45) is 8.64. The second kappa shape index (κ2) is 11.0. The van der Waals surface area contributed by atoms with Gasteiger partial charge in [-0.15, -0.1) is 0 Å². The third-order valence-corrected chi connectivity index (χ3v) is 7.28. The second-order valence-electron chi connectivity index (χ2n) is 8.86. The number of benzene rings is 1. The molecule has 0 saturated carbocycles. The highest BCUT2D eigenvalue weighted by Crippen LogP contribution is 2.23. The van der Waals surface area contributed by atoms with Crippen molar-refractivity contribution in [1.82, 2.24) is 24.3 Å². The molecule has 0 bridgehead atoms. The number of rotatable bonds is 8. The second-order valence-corrected chi connectivity index (χ2v) is 9.81. The lowest BCUT2D eigenvalue weighted by Gasteiger charge is -2.36. The smallest absolute Gasteiger partial charge is 0.233 e. The van der Waals surface area contributed by atoms with Gasteiger partial charge >= 0.3 is 0 Å². The minimum absolute atomic E-state index is 0.168. The lowest BCUT2D eigenvalue weighted by Crippen LogP contribution is -2.46. The Hall–Kier alpha value is -2.64. The Kier molecular flexibility index (Phi) is 7.83. The quantitative estimate of drug-likeness (QED) is 0.470. The average Bonchev–Trinajstić information content (AvgIpc) is 3.30. The highest BCUT2D eigenvalue weighted by Gasteiger charge is 2.25. The molecule has 0 unspecified atom stereocenters. The van der Waals surface area contributed by atoms with Crippen molar-refractivity contribution < 1.29 is 4.79 Å². The van der Waals surface area contributed by atoms with Gasteiger partial charge in [0.15, 0.2) is 5.16 Å². The topological polar surface area (TPSA) is 54.3 Å². The third kappa shape index (κ3) is 6.24. The van der Waals surface area contributed by atoms with Crippen molar-refractivity contribution in [2.45, 2.75) is 44.3 Å². The van der Waals surface area contributed by atoms with Gasteiger partial charge in [-0.25, -0.2) is 4.98 Å². The van der Waals surface area contributed by atoms with Crippen LogP contribution in [0.1, 0.15) is 29.7 Å². The Bertz CT molecular complexity index is 1040. The molecule has 0 atom stereocenters. The number of piperidine rings is 1. The van der Waals surface area contributed by atoms with E-state index < -0.39 is 0 Å². The number of hydrogen-bond acceptors (Lipinski definition) is 5. The van der Waals surface area contributed by atoms with Crippen molar-refractivity contribution in [3.05, 3.63) is 71.8 Å². The van der Waals surface area contributed by atoms with E-state index in [1.54, 1.807) is 6.20 Å². The highest BCUT2D eigenvalue weighted by molar-refractivity contribution is 7.99. The summed E-state index contributed by atoms with van der Waals surface area (Å²) in [5.41, 5.74) is 4.67. The van der Waals surface area contributed by atoms with Crippen molar-refractivity contribution in [3.63, 3.8) is 0 Å². The molecular formula is C26H33N5OS. The van der Waals surface area contributed by atoms with E-state index >= 15 is 0 Å². The molecule has 6 nitrogen and oxygen atoms in total. The molecule has 1 amide bonds. The molecule has 1 aliphatic rings. The number of nitrogens with zero attached hydrogens (tertiary/aromatic N) is 5. The largest absolute Gasteiger partial charge is 0.342 e. The fourth-order valence-corrected chi connectivity index (χ4v) is 5.36. The summed E-state index contributed by atoms with van der Waals surface area (Å²) in [6, 6.07) is 12.8. The Morgan fingerprint density at radius 1 is 1.09 bits per heavy atom. The minimum Gasteiger partial charge on any atom is -0.342 e. The number of hydrogen-bond donors (Lipinski definition) is 0. The molecule has 0 N–H and O–H groups in total. The molecule has 1 fully saturated rings. The van der Waals surface area contributed by atoms with Gasteiger partial charge in [-0.2, -0.15) is 0 Å². The first-order valence-electron chi connectivity index (χ1n) is 11.6. The van der Waals surface area contributed by atoms with Crippen molar-refractivity contribution in [3.8, 4) is 5.69 Å². The number of aromatic nitrogens is 3. The summed E-state index contributed by atoms with van der Waals surface area (Å²) < 4.78 is 2.07. The van der Waals surface area contributed by atoms with E-state index in [0.29, 0.717) is 11.8 Å². The van der Waals surface area contributed by atoms with Gasteiger partial charge in [0.25, 0.3) is 0 Å². The number of carbonyl (C=O) groups is 1. The molecule has 0 aliphatic carbocycles. The van der Waals surface area contributed by atoms with Crippen LogP contribution in [0.15, 0.2) is 60.1 Å². The van der Waals surface area contributed by atoms with E-state index in [2.05, 4.69) is 57.5 Å². The standard InChI is InChI=1S/C26H33N5OS/c1-20-16-21(2)18-24(17-20)31-15-11-28-26(31)33-19-25(32)29(3)23-8-13-30(14-9-23)12-7-22-6-4-5-10-27-22/h4-6,10-11,15-18,23H,7-9,12-14,19H2,1-3H3. The van der Waals surface area contributed by atoms with Gasteiger partial charge in [0.05, 0.1) is 5.75 Å². The van der Waals surface area contributed by atoms with Crippen molar-refractivity contribution in [2.75, 3.05) is 32.4 Å². The lowest BCUT2D eigenvalue weighted by atomic mass is 10.0. The van der Waals surface area contributed by atoms with E-state index in [-0.39, 0.29) is 5.91 Å². The summed E-state index contributed by atoms with van der Waals surface area (Å²) in [7, 11) is 1.95. The molecule has 2 aromatic heterocycles. The van der Waals surface area contributed by atoms with Gasteiger partial charge in [-0.1, -0.05) is 23.9 Å². The monoisotopic (exact) mass is 463 g/mol. The fourth-order valence-electron chi connectivity index (χ4n) is 4.46. The number of imidazole rings is 1. The molecule has 7 heteroatoms. The minimum atomic E-state index is 0.168. The van der Waals surface area contributed by atoms with Gasteiger partial charge in [0.2, 0.25) is 5.91 Å². The molecule has 174 valence electrons. The predicted molar refractivity (Wildman–Crippen MR) is 134 cm³/mol. The number of likely N-dealkylation sites (tertiary alicyclic amines) is 1. The molecule has 1 aliphatic heterocycles. The summed E-state index contributed by atoms with van der Waals surface area (Å²) in [5.74, 6) is 0.569. The molecule has 3 heterocycles. The summed E-state index contributed by atoms with van der Waals surface area (Å²) in [4.78, 5) is 26.3. The summed E-state index contributed by atoms with van der Waals surface area (Å²) in [5, 5.41) is 0.853. The Morgan fingerprint density at radius 2 is 1.85 bits per heavy atom. The van der Waals surface area contributed by atoms with E-state index in [4.69, 9.17) is 0 Å².